The molecule has 0 atom stereocenters. The number of carbonyl (C=O) groups is 1. The van der Waals surface area contributed by atoms with Crippen molar-refractivity contribution in [1.29, 1.82) is 0 Å². The molecule has 1 amide bonds. The number of alkyl halides is 3. The van der Waals surface area contributed by atoms with Gasteiger partial charge in [0, 0.05) is 6.92 Å². The lowest BCUT2D eigenvalue weighted by Crippen LogP contribution is -2.44. The predicted molar refractivity (Wildman–Crippen MR) is 53.6 cm³/mol. The first-order valence-corrected chi connectivity index (χ1v) is 4.53. The first-order chi connectivity index (χ1) is 7.71. The molecule has 1 heterocycles. The summed E-state index contributed by atoms with van der Waals surface area (Å²) in [5.41, 5.74) is 7.94. The minimum absolute atomic E-state index is 0.280. The molecule has 0 aliphatic rings. The van der Waals surface area contributed by atoms with Gasteiger partial charge in [-0.2, -0.15) is 13.2 Å². The maximum atomic E-state index is 12.4. The van der Waals surface area contributed by atoms with Crippen molar-refractivity contribution in [2.75, 3.05) is 0 Å². The van der Waals surface area contributed by atoms with E-state index in [9.17, 15) is 18.0 Å². The van der Waals surface area contributed by atoms with Crippen molar-refractivity contribution < 1.29 is 22.4 Å². The van der Waals surface area contributed by atoms with Crippen LogP contribution in [0.15, 0.2) is 4.42 Å². The molecule has 10 heteroatoms. The normalized spacial score (nSPS) is 11.1. The zero-order valence-electron chi connectivity index (χ0n) is 8.38. The highest BCUT2D eigenvalue weighted by atomic mass is 32.1. The molecule has 0 fully saturated rings. The number of hydrogen-bond acceptors (Lipinski definition) is 4. The highest BCUT2D eigenvalue weighted by molar-refractivity contribution is 7.80. The van der Waals surface area contributed by atoms with Crippen LogP contribution in [0.25, 0.3) is 0 Å². The zero-order chi connectivity index (χ0) is 13.2. The van der Waals surface area contributed by atoms with E-state index in [4.69, 9.17) is 5.73 Å². The molecule has 0 bridgehead atoms. The van der Waals surface area contributed by atoms with Crippen LogP contribution in [0.5, 0.6) is 0 Å². The number of rotatable bonds is 1. The van der Waals surface area contributed by atoms with Crippen LogP contribution >= 0.6 is 12.2 Å². The van der Waals surface area contributed by atoms with Gasteiger partial charge in [0.25, 0.3) is 5.91 Å². The molecule has 17 heavy (non-hydrogen) atoms. The van der Waals surface area contributed by atoms with Gasteiger partial charge >= 0.3 is 6.18 Å². The van der Waals surface area contributed by atoms with Crippen molar-refractivity contribution >= 4 is 23.2 Å². The lowest BCUT2D eigenvalue weighted by Gasteiger charge is -2.06. The molecule has 1 rings (SSSR count). The van der Waals surface area contributed by atoms with E-state index in [1.807, 2.05) is 10.9 Å². The number of nitrogens with two attached hydrogens (primary N) is 1. The molecule has 0 aliphatic carbocycles. The average Bonchev–Trinajstić information content (AvgIpc) is 2.56. The molecule has 0 saturated heterocycles. The quantitative estimate of drug-likeness (QED) is 0.506. The van der Waals surface area contributed by atoms with Gasteiger partial charge in [0.15, 0.2) is 16.7 Å². The second-order valence-electron chi connectivity index (χ2n) is 2.85. The molecule has 6 nitrogen and oxygen atoms in total. The Morgan fingerprint density at radius 1 is 1.47 bits per heavy atom. The number of nitrogens with one attached hydrogen (secondary N) is 2. The zero-order valence-corrected chi connectivity index (χ0v) is 9.20. The molecule has 0 radical (unpaired) electrons. The summed E-state index contributed by atoms with van der Waals surface area (Å²) in [7, 11) is 0. The summed E-state index contributed by atoms with van der Waals surface area (Å²) in [4.78, 5) is 14.7. The van der Waals surface area contributed by atoms with E-state index in [1.54, 1.807) is 0 Å². The number of amides is 1. The molecular weight excluding hydrogens is 261 g/mol. The van der Waals surface area contributed by atoms with Gasteiger partial charge in [0.05, 0.1) is 0 Å². The summed E-state index contributed by atoms with van der Waals surface area (Å²) in [5, 5.41) is -0.299. The Balaban J connectivity index is 2.97. The number of aromatic nitrogens is 1. The van der Waals surface area contributed by atoms with Crippen LogP contribution in [0.4, 0.5) is 13.2 Å². The lowest BCUT2D eigenvalue weighted by atomic mass is 10.3. The van der Waals surface area contributed by atoms with Crippen molar-refractivity contribution in [3.8, 4) is 0 Å². The maximum absolute atomic E-state index is 12.4. The predicted octanol–water partition coefficient (Wildman–Crippen LogP) is 0.480. The van der Waals surface area contributed by atoms with Crippen LogP contribution in [0, 0.1) is 6.92 Å². The van der Waals surface area contributed by atoms with E-state index >= 15 is 0 Å². The summed E-state index contributed by atoms with van der Waals surface area (Å²) in [6, 6.07) is 0. The molecule has 4 N–H and O–H groups in total. The Labute approximate surface area is 98.3 Å². The Kier molecular flexibility index (Phi) is 3.56. The molecule has 94 valence electrons. The number of thiocarbonyl (C=S) groups is 1. The SMILES string of the molecule is Cc1nc(C(=O)NNC(N)=S)c(C(F)(F)F)o1. The number of nitrogens with zero attached hydrogens (tertiary/aromatic N) is 1. The Morgan fingerprint density at radius 2 is 2.06 bits per heavy atom. The van der Waals surface area contributed by atoms with E-state index in [0.29, 0.717) is 0 Å². The van der Waals surface area contributed by atoms with Crippen LogP contribution in [0.1, 0.15) is 22.1 Å². The number of carbonyl (C=O) groups excluding carboxylic acids is 1. The van der Waals surface area contributed by atoms with E-state index in [1.165, 1.54) is 6.92 Å². The van der Waals surface area contributed by atoms with Crippen LogP contribution < -0.4 is 16.6 Å². The number of hydrogen-bond donors (Lipinski definition) is 3. The molecule has 0 aliphatic heterocycles. The summed E-state index contributed by atoms with van der Waals surface area (Å²) in [6.45, 7) is 1.19. The second kappa shape index (κ2) is 4.57. The largest absolute Gasteiger partial charge is 0.452 e. The first kappa shape index (κ1) is 13.2. The number of hydrazine groups is 1. The van der Waals surface area contributed by atoms with Crippen LogP contribution in [0.2, 0.25) is 0 Å². The number of oxazole rings is 1. The van der Waals surface area contributed by atoms with Crippen molar-refractivity contribution in [2.24, 2.45) is 5.73 Å². The second-order valence-corrected chi connectivity index (χ2v) is 3.29. The minimum atomic E-state index is -4.81. The first-order valence-electron chi connectivity index (χ1n) is 4.12. The molecule has 0 aromatic carbocycles. The minimum Gasteiger partial charge on any atom is -0.436 e. The molecule has 0 unspecified atom stereocenters. The van der Waals surface area contributed by atoms with Gasteiger partial charge in [-0.1, -0.05) is 0 Å². The van der Waals surface area contributed by atoms with Crippen molar-refractivity contribution in [3.63, 3.8) is 0 Å². The summed E-state index contributed by atoms with van der Waals surface area (Å²) in [6.07, 6.45) is -4.81. The van der Waals surface area contributed by atoms with E-state index in [-0.39, 0.29) is 11.0 Å². The van der Waals surface area contributed by atoms with E-state index in [0.717, 1.165) is 0 Å². The Bertz CT molecular complexity index is 456. The standard InChI is InChI=1S/C7H7F3N4O2S/c1-2-12-3(4(16-2)7(8,9)10)5(15)13-14-6(11)17/h1H3,(H,13,15)(H3,11,14,17). The molecular formula is C7H7F3N4O2S. The third-order valence-electron chi connectivity index (χ3n) is 1.51. The van der Waals surface area contributed by atoms with Crippen molar-refractivity contribution in [3.05, 3.63) is 17.3 Å². The highest BCUT2D eigenvalue weighted by Gasteiger charge is 2.41. The van der Waals surface area contributed by atoms with Gasteiger partial charge in [-0.15, -0.1) is 0 Å². The molecule has 0 spiro atoms. The molecule has 1 aromatic heterocycles. The number of aryl methyl sites for hydroxylation is 1. The Morgan fingerprint density at radius 3 is 2.53 bits per heavy atom. The Hall–Kier alpha value is -1.84. The smallest absolute Gasteiger partial charge is 0.436 e. The molecule has 1 aromatic rings. The third-order valence-corrected chi connectivity index (χ3v) is 1.61. The van der Waals surface area contributed by atoms with Gasteiger partial charge < -0.3 is 10.2 Å². The number of halogens is 3. The van der Waals surface area contributed by atoms with Crippen molar-refractivity contribution in [2.45, 2.75) is 13.1 Å². The van der Waals surface area contributed by atoms with Crippen molar-refractivity contribution in [1.82, 2.24) is 15.8 Å². The fourth-order valence-electron chi connectivity index (χ4n) is 0.951. The summed E-state index contributed by atoms with van der Waals surface area (Å²) in [5.74, 6) is -2.91. The summed E-state index contributed by atoms with van der Waals surface area (Å²) < 4.78 is 41.6. The van der Waals surface area contributed by atoms with Crippen LogP contribution in [-0.4, -0.2) is 16.0 Å². The maximum Gasteiger partial charge on any atom is 0.452 e. The fraction of sp³-hybridized carbons (Fsp3) is 0.286. The molecule has 0 saturated carbocycles. The monoisotopic (exact) mass is 268 g/mol. The van der Waals surface area contributed by atoms with Gasteiger partial charge in [0.2, 0.25) is 5.76 Å². The van der Waals surface area contributed by atoms with Gasteiger partial charge in [-0.25, -0.2) is 4.98 Å². The fourth-order valence-corrected chi connectivity index (χ4v) is 1.00. The topological polar surface area (TPSA) is 93.2 Å². The van der Waals surface area contributed by atoms with Gasteiger partial charge in [-0.05, 0) is 12.2 Å². The third kappa shape index (κ3) is 3.31. The van der Waals surface area contributed by atoms with E-state index < -0.39 is 23.5 Å². The lowest BCUT2D eigenvalue weighted by molar-refractivity contribution is -0.153. The van der Waals surface area contributed by atoms with E-state index in [2.05, 4.69) is 21.6 Å². The van der Waals surface area contributed by atoms with Crippen LogP contribution in [-0.2, 0) is 6.18 Å². The van der Waals surface area contributed by atoms with Gasteiger partial charge in [0.1, 0.15) is 0 Å². The average molecular weight is 268 g/mol. The van der Waals surface area contributed by atoms with Crippen LogP contribution in [0.3, 0.4) is 0 Å². The van der Waals surface area contributed by atoms with Gasteiger partial charge in [-0.3, -0.25) is 15.6 Å². The highest BCUT2D eigenvalue weighted by Crippen LogP contribution is 2.32. The summed E-state index contributed by atoms with van der Waals surface area (Å²) >= 11 is 4.36.